The number of ketones is 1. The van der Waals surface area contributed by atoms with Crippen molar-refractivity contribution in [1.29, 1.82) is 0 Å². The maximum Gasteiger partial charge on any atom is 0.258 e. The molecule has 166 valence electrons. The van der Waals surface area contributed by atoms with Crippen LogP contribution in [0.15, 0.2) is 34.5 Å². The molecule has 0 bridgehead atoms. The van der Waals surface area contributed by atoms with E-state index in [1.807, 2.05) is 0 Å². The second kappa shape index (κ2) is 10.8. The molecule has 2 aromatic carbocycles. The molecule has 1 atom stereocenters. The minimum absolute atomic E-state index is 0.111. The molecule has 1 N–H and O–H groups in total. The van der Waals surface area contributed by atoms with Crippen molar-refractivity contribution in [2.45, 2.75) is 13.0 Å². The second-order valence-corrected chi connectivity index (χ2v) is 6.82. The quantitative estimate of drug-likeness (QED) is 0.420. The van der Waals surface area contributed by atoms with Crippen LogP contribution in [-0.2, 0) is 9.59 Å². The van der Waals surface area contributed by atoms with Crippen LogP contribution in [-0.4, -0.2) is 46.2 Å². The van der Waals surface area contributed by atoms with Crippen LogP contribution in [0.25, 0.3) is 0 Å². The summed E-state index contributed by atoms with van der Waals surface area (Å²) in [5.74, 6) is -0.229. The van der Waals surface area contributed by atoms with Gasteiger partial charge >= 0.3 is 0 Å². The summed E-state index contributed by atoms with van der Waals surface area (Å²) in [6, 6.07) is 4.73. The number of benzene rings is 2. The topological polar surface area (TPSA) is 108 Å². The molecule has 0 spiro atoms. The third-order valence-corrected chi connectivity index (χ3v) is 4.74. The second-order valence-electron chi connectivity index (χ2n) is 6.01. The number of rotatable bonds is 9. The molecule has 2 aromatic rings. The minimum atomic E-state index is -1.49. The van der Waals surface area contributed by atoms with Crippen molar-refractivity contribution in [1.82, 2.24) is 0 Å². The number of anilines is 1. The third-order valence-electron chi connectivity index (χ3n) is 4.12. The summed E-state index contributed by atoms with van der Waals surface area (Å²) in [7, 11) is 5.68. The van der Waals surface area contributed by atoms with Crippen molar-refractivity contribution in [3.63, 3.8) is 0 Å². The largest absolute Gasteiger partial charge is 0.493 e. The highest BCUT2D eigenvalue weighted by atomic mass is 35.5. The molecule has 0 aromatic heterocycles. The van der Waals surface area contributed by atoms with Gasteiger partial charge < -0.3 is 24.3 Å². The Hall–Kier alpha value is -3.04. The van der Waals surface area contributed by atoms with E-state index in [1.54, 1.807) is 12.1 Å². The van der Waals surface area contributed by atoms with Gasteiger partial charge in [-0.25, -0.2) is 0 Å². The van der Waals surface area contributed by atoms with E-state index in [-0.39, 0.29) is 32.9 Å². The van der Waals surface area contributed by atoms with Crippen molar-refractivity contribution < 1.29 is 28.5 Å². The summed E-state index contributed by atoms with van der Waals surface area (Å²) in [4.78, 5) is 25.0. The van der Waals surface area contributed by atoms with Crippen LogP contribution < -0.4 is 24.3 Å². The molecule has 0 radical (unpaired) electrons. The average molecular weight is 470 g/mol. The minimum Gasteiger partial charge on any atom is -0.493 e. The van der Waals surface area contributed by atoms with E-state index < -0.39 is 17.7 Å². The molecule has 1 unspecified atom stereocenters. The zero-order chi connectivity index (χ0) is 23.1. The highest BCUT2D eigenvalue weighted by molar-refractivity contribution is 6.34. The first-order valence-corrected chi connectivity index (χ1v) is 9.57. The molecule has 1 amide bonds. The van der Waals surface area contributed by atoms with E-state index in [4.69, 9.17) is 42.1 Å². The van der Waals surface area contributed by atoms with Gasteiger partial charge in [0.25, 0.3) is 5.91 Å². The van der Waals surface area contributed by atoms with Gasteiger partial charge in [-0.15, -0.1) is 5.11 Å². The molecule has 0 aliphatic rings. The number of carbonyl (C=O) groups is 2. The predicted octanol–water partition coefficient (Wildman–Crippen LogP) is 4.71. The Morgan fingerprint density at radius 1 is 0.871 bits per heavy atom. The molecule has 0 aliphatic heterocycles. The van der Waals surface area contributed by atoms with Crippen LogP contribution in [0.4, 0.5) is 11.4 Å². The Labute approximate surface area is 189 Å². The summed E-state index contributed by atoms with van der Waals surface area (Å²) in [5, 5.41) is 10.8. The Kier molecular flexibility index (Phi) is 8.47. The summed E-state index contributed by atoms with van der Waals surface area (Å²) >= 11 is 12.4. The average Bonchev–Trinajstić information content (AvgIpc) is 2.75. The predicted molar refractivity (Wildman–Crippen MR) is 117 cm³/mol. The van der Waals surface area contributed by atoms with Gasteiger partial charge in [0.15, 0.2) is 28.8 Å². The fraction of sp³-hybridized carbons (Fsp3) is 0.300. The molecule has 2 rings (SSSR count). The normalized spacial score (nSPS) is 11.7. The van der Waals surface area contributed by atoms with Crippen molar-refractivity contribution in [3.8, 4) is 23.0 Å². The molecular weight excluding hydrogens is 449 g/mol. The number of nitrogens with zero attached hydrogens (tertiary/aromatic N) is 2. The highest BCUT2D eigenvalue weighted by Crippen LogP contribution is 2.43. The van der Waals surface area contributed by atoms with Crippen LogP contribution >= 0.6 is 23.2 Å². The maximum atomic E-state index is 12.8. The number of ether oxygens (including phenoxy) is 4. The lowest BCUT2D eigenvalue weighted by atomic mass is 10.2. The van der Waals surface area contributed by atoms with Crippen LogP contribution in [0.3, 0.4) is 0 Å². The zero-order valence-corrected chi connectivity index (χ0v) is 19.0. The van der Waals surface area contributed by atoms with Crippen molar-refractivity contribution >= 4 is 46.3 Å². The number of Topliss-reactive ketones (excluding diaryl/α,β-unsaturated/α-hetero) is 1. The summed E-state index contributed by atoms with van der Waals surface area (Å²) < 4.78 is 21.0. The fourth-order valence-corrected chi connectivity index (χ4v) is 3.01. The Bertz CT molecular complexity index is 1010. The van der Waals surface area contributed by atoms with E-state index in [2.05, 4.69) is 15.5 Å². The summed E-state index contributed by atoms with van der Waals surface area (Å²) in [5.41, 5.74) is 0.242. The monoisotopic (exact) mass is 469 g/mol. The molecule has 11 heteroatoms. The fourth-order valence-electron chi connectivity index (χ4n) is 2.62. The van der Waals surface area contributed by atoms with Crippen molar-refractivity contribution in [3.05, 3.63) is 34.3 Å². The first kappa shape index (κ1) is 24.2. The number of carbonyl (C=O) groups excluding carboxylic acids is 2. The highest BCUT2D eigenvalue weighted by Gasteiger charge is 2.27. The number of amides is 1. The van der Waals surface area contributed by atoms with Gasteiger partial charge in [-0.2, -0.15) is 5.11 Å². The first-order valence-electron chi connectivity index (χ1n) is 8.82. The Balaban J connectivity index is 2.41. The number of hydrogen-bond acceptors (Lipinski definition) is 8. The van der Waals surface area contributed by atoms with E-state index in [9.17, 15) is 9.59 Å². The number of halogens is 2. The van der Waals surface area contributed by atoms with Crippen LogP contribution in [0.1, 0.15) is 6.92 Å². The van der Waals surface area contributed by atoms with E-state index in [0.29, 0.717) is 11.5 Å². The number of nitrogens with one attached hydrogen (secondary N) is 1. The van der Waals surface area contributed by atoms with Gasteiger partial charge in [0.2, 0.25) is 6.04 Å². The van der Waals surface area contributed by atoms with Gasteiger partial charge in [-0.3, -0.25) is 9.59 Å². The van der Waals surface area contributed by atoms with E-state index >= 15 is 0 Å². The number of methoxy groups -OCH3 is 4. The molecule has 0 saturated heterocycles. The molecular formula is C20H21Cl2N3O6. The summed E-state index contributed by atoms with van der Waals surface area (Å²) in [6.07, 6.45) is 0. The number of hydrogen-bond donors (Lipinski definition) is 1. The number of azo groups is 1. The molecule has 0 aliphatic carbocycles. The first-order chi connectivity index (χ1) is 14.8. The van der Waals surface area contributed by atoms with Crippen LogP contribution in [0.2, 0.25) is 10.0 Å². The molecule has 31 heavy (non-hydrogen) atoms. The lowest BCUT2D eigenvalue weighted by Gasteiger charge is -2.16. The van der Waals surface area contributed by atoms with Gasteiger partial charge in [0, 0.05) is 0 Å². The zero-order valence-electron chi connectivity index (χ0n) is 17.5. The van der Waals surface area contributed by atoms with Crippen molar-refractivity contribution in [2.24, 2.45) is 10.2 Å². The molecule has 0 saturated carbocycles. The maximum absolute atomic E-state index is 12.8. The Morgan fingerprint density at radius 3 is 1.94 bits per heavy atom. The molecule has 9 nitrogen and oxygen atoms in total. The molecule has 0 heterocycles. The van der Waals surface area contributed by atoms with Gasteiger partial charge in [-0.1, -0.05) is 23.2 Å². The lowest BCUT2D eigenvalue weighted by molar-refractivity contribution is -0.126. The van der Waals surface area contributed by atoms with E-state index in [1.165, 1.54) is 47.5 Å². The lowest BCUT2D eigenvalue weighted by Crippen LogP contribution is -2.32. The SMILES string of the molecule is COc1ccc(Cl)c(N=NC(C(C)=O)C(=O)Nc2c(Cl)ccc(OC)c2OC)c1OC. The smallest absolute Gasteiger partial charge is 0.258 e. The molecule has 0 fully saturated rings. The van der Waals surface area contributed by atoms with Gasteiger partial charge in [0.1, 0.15) is 11.4 Å². The van der Waals surface area contributed by atoms with Gasteiger partial charge in [-0.05, 0) is 31.2 Å². The van der Waals surface area contributed by atoms with Crippen LogP contribution in [0.5, 0.6) is 23.0 Å². The summed E-state index contributed by atoms with van der Waals surface area (Å²) in [6.45, 7) is 1.21. The van der Waals surface area contributed by atoms with Gasteiger partial charge in [0.05, 0.1) is 38.5 Å². The van der Waals surface area contributed by atoms with Crippen molar-refractivity contribution in [2.75, 3.05) is 33.8 Å². The van der Waals surface area contributed by atoms with E-state index in [0.717, 1.165) is 0 Å². The Morgan fingerprint density at radius 2 is 1.42 bits per heavy atom. The third kappa shape index (κ3) is 5.36. The van der Waals surface area contributed by atoms with Crippen LogP contribution in [0, 0.1) is 0 Å². The standard InChI is InChI=1S/C20H21Cl2N3O6/c1-10(26)15(24-25-17-12(22)7-9-14(29-3)19(17)31-5)20(27)23-16-11(21)6-8-13(28-2)18(16)30-4/h6-9,15H,1-5H3,(H,23,27).